The summed E-state index contributed by atoms with van der Waals surface area (Å²) in [5.74, 6) is 0.673. The van der Waals surface area contributed by atoms with Crippen LogP contribution in [0, 0.1) is 0 Å². The predicted molar refractivity (Wildman–Crippen MR) is 155 cm³/mol. The number of fused-ring (bicyclic) bond motifs is 3. The molecule has 1 aromatic carbocycles. The van der Waals surface area contributed by atoms with Crippen LogP contribution in [0.25, 0.3) is 5.65 Å². The minimum atomic E-state index is -0.527. The normalized spacial score (nSPS) is 25.8. The summed E-state index contributed by atoms with van der Waals surface area (Å²) in [4.78, 5) is 30.5. The van der Waals surface area contributed by atoms with Crippen LogP contribution < -0.4 is 10.6 Å². The molecule has 3 aliphatic rings. The van der Waals surface area contributed by atoms with Crippen LogP contribution in [0.3, 0.4) is 0 Å². The van der Waals surface area contributed by atoms with Crippen LogP contribution in [0.5, 0.6) is 0 Å². The number of hydrogen-bond acceptors (Lipinski definition) is 7. The predicted octanol–water partition coefficient (Wildman–Crippen LogP) is 5.94. The maximum Gasteiger partial charge on any atom is 0.407 e. The quantitative estimate of drug-likeness (QED) is 0.344. The molecule has 2 fully saturated rings. The molecule has 1 spiro atoms. The Kier molecular flexibility index (Phi) is 7.01. The number of anilines is 1. The van der Waals surface area contributed by atoms with E-state index in [-0.39, 0.29) is 35.7 Å². The van der Waals surface area contributed by atoms with Crippen molar-refractivity contribution in [1.29, 1.82) is 0 Å². The molecule has 10 heteroatoms. The molecule has 40 heavy (non-hydrogen) atoms. The number of aromatic nitrogens is 3. The van der Waals surface area contributed by atoms with Gasteiger partial charge in [-0.05, 0) is 100 Å². The van der Waals surface area contributed by atoms with E-state index in [1.165, 1.54) is 0 Å². The molecule has 0 radical (unpaired) electrons. The highest BCUT2D eigenvalue weighted by molar-refractivity contribution is 9.10. The zero-order chi connectivity index (χ0) is 28.1. The summed E-state index contributed by atoms with van der Waals surface area (Å²) in [6.07, 6.45) is 6.48. The highest BCUT2D eigenvalue weighted by atomic mass is 79.9. The van der Waals surface area contributed by atoms with E-state index in [9.17, 15) is 9.59 Å². The van der Waals surface area contributed by atoms with Gasteiger partial charge in [0.05, 0.1) is 16.7 Å². The van der Waals surface area contributed by atoms with Crippen LogP contribution in [0.15, 0.2) is 41.0 Å². The molecule has 0 saturated heterocycles. The van der Waals surface area contributed by atoms with Gasteiger partial charge >= 0.3 is 12.1 Å². The molecule has 2 heterocycles. The molecular formula is C30H36BrN5O4. The summed E-state index contributed by atoms with van der Waals surface area (Å²) in [6, 6.07) is 11.4. The number of ether oxygens (including phenoxy) is 2. The summed E-state index contributed by atoms with van der Waals surface area (Å²) in [5.41, 5.74) is 2.68. The average molecular weight is 611 g/mol. The molecule has 0 unspecified atom stereocenters. The van der Waals surface area contributed by atoms with E-state index in [0.29, 0.717) is 5.56 Å². The molecule has 212 valence electrons. The van der Waals surface area contributed by atoms with Gasteiger partial charge in [0, 0.05) is 23.7 Å². The van der Waals surface area contributed by atoms with Crippen LogP contribution in [0.2, 0.25) is 0 Å². The second-order valence-electron chi connectivity index (χ2n) is 12.3. The summed E-state index contributed by atoms with van der Waals surface area (Å²) in [6.45, 7) is 5.61. The minimum absolute atomic E-state index is 0.0463. The first-order chi connectivity index (χ1) is 19.1. The van der Waals surface area contributed by atoms with Crippen molar-refractivity contribution in [2.45, 2.75) is 101 Å². The van der Waals surface area contributed by atoms with Gasteiger partial charge in [-0.1, -0.05) is 18.2 Å². The van der Waals surface area contributed by atoms with Gasteiger partial charge in [-0.15, -0.1) is 0 Å². The van der Waals surface area contributed by atoms with Gasteiger partial charge in [0.15, 0.2) is 5.65 Å². The lowest BCUT2D eigenvalue weighted by Crippen LogP contribution is -2.38. The smallest absolute Gasteiger partial charge is 0.407 e. The Hall–Kier alpha value is -3.14. The summed E-state index contributed by atoms with van der Waals surface area (Å²) in [5, 5.41) is 11.5. The molecule has 4 atom stereocenters. The standard InChI is InChI=1S/C30H36BrN5O4/c1-29(2,3)40-28(38)33-20-12-11-19(16-20)32-26-21-13-15-30(25(21)34-24-17-23(31)35-36(24)26)14-7-10-22(30)39-27(37)18-8-5-4-6-9-18/h4-6,8-9,17,19-20,22,32H,7,10-16H2,1-3H3,(H,33,38)/t19-,20-,22+,30+/m0/s1. The number of carbonyl (C=O) groups excluding carboxylic acids is 2. The SMILES string of the molecule is CC(C)(C)OC(=O)N[C@H]1CC[C@H](Nc2c3c(nc4cc(Br)nn24)[C@]2(CCC[C@H]2OC(=O)c2ccccc2)CC3)C1. The number of esters is 1. The van der Waals surface area contributed by atoms with Gasteiger partial charge in [-0.3, -0.25) is 0 Å². The van der Waals surface area contributed by atoms with Crippen LogP contribution in [-0.4, -0.2) is 50.4 Å². The number of alkyl carbamates (subject to hydrolysis) is 1. The topological polar surface area (TPSA) is 107 Å². The molecule has 2 N–H and O–H groups in total. The Morgan fingerprint density at radius 1 is 1.10 bits per heavy atom. The molecule has 2 saturated carbocycles. The van der Waals surface area contributed by atoms with Crippen LogP contribution in [0.1, 0.15) is 87.3 Å². The molecule has 3 aliphatic carbocycles. The van der Waals surface area contributed by atoms with Crippen molar-refractivity contribution < 1.29 is 19.1 Å². The van der Waals surface area contributed by atoms with Crippen molar-refractivity contribution in [2.24, 2.45) is 0 Å². The molecule has 9 nitrogen and oxygen atoms in total. The maximum absolute atomic E-state index is 13.0. The van der Waals surface area contributed by atoms with Crippen LogP contribution >= 0.6 is 15.9 Å². The van der Waals surface area contributed by atoms with E-state index in [2.05, 4.69) is 26.6 Å². The molecule has 1 amide bonds. The highest BCUT2D eigenvalue weighted by Gasteiger charge is 2.52. The number of nitrogens with zero attached hydrogens (tertiary/aromatic N) is 3. The van der Waals surface area contributed by atoms with Crippen LogP contribution in [0.4, 0.5) is 10.6 Å². The lowest BCUT2D eigenvalue weighted by molar-refractivity contribution is 0.0132. The molecule has 2 aromatic heterocycles. The lowest BCUT2D eigenvalue weighted by atomic mass is 9.81. The third-order valence-electron chi connectivity index (χ3n) is 8.42. The Labute approximate surface area is 242 Å². The van der Waals surface area contributed by atoms with Crippen molar-refractivity contribution in [3.05, 3.63) is 57.8 Å². The van der Waals surface area contributed by atoms with Crippen molar-refractivity contribution >= 4 is 39.5 Å². The van der Waals surface area contributed by atoms with E-state index in [0.717, 1.165) is 78.7 Å². The monoisotopic (exact) mass is 609 g/mol. The van der Waals surface area contributed by atoms with E-state index >= 15 is 0 Å². The molecular weight excluding hydrogens is 574 g/mol. The largest absolute Gasteiger partial charge is 0.458 e. The van der Waals surface area contributed by atoms with E-state index in [1.807, 2.05) is 49.6 Å². The summed E-state index contributed by atoms with van der Waals surface area (Å²) < 4.78 is 14.2. The number of halogens is 1. The zero-order valence-corrected chi connectivity index (χ0v) is 24.8. The molecule has 3 aromatic rings. The first-order valence-corrected chi connectivity index (χ1v) is 15.0. The van der Waals surface area contributed by atoms with Gasteiger partial charge < -0.3 is 20.1 Å². The summed E-state index contributed by atoms with van der Waals surface area (Å²) in [7, 11) is 0. The Morgan fingerprint density at radius 2 is 1.88 bits per heavy atom. The fourth-order valence-corrected chi connectivity index (χ4v) is 7.09. The van der Waals surface area contributed by atoms with Crippen molar-refractivity contribution in [3.8, 4) is 0 Å². The fraction of sp³-hybridized carbons (Fsp3) is 0.533. The third-order valence-corrected chi connectivity index (χ3v) is 8.81. The van der Waals surface area contributed by atoms with Gasteiger partial charge in [-0.2, -0.15) is 9.61 Å². The second kappa shape index (κ2) is 10.4. The van der Waals surface area contributed by atoms with Gasteiger partial charge in [0.1, 0.15) is 22.1 Å². The number of hydrogen-bond donors (Lipinski definition) is 2. The first-order valence-electron chi connectivity index (χ1n) is 14.2. The third kappa shape index (κ3) is 5.18. The van der Waals surface area contributed by atoms with Crippen LogP contribution in [-0.2, 0) is 21.3 Å². The van der Waals surface area contributed by atoms with Crippen molar-refractivity contribution in [3.63, 3.8) is 0 Å². The number of benzene rings is 1. The van der Waals surface area contributed by atoms with Crippen molar-refractivity contribution in [1.82, 2.24) is 19.9 Å². The lowest BCUT2D eigenvalue weighted by Gasteiger charge is -2.31. The van der Waals surface area contributed by atoms with Crippen molar-refractivity contribution in [2.75, 3.05) is 5.32 Å². The zero-order valence-electron chi connectivity index (χ0n) is 23.2. The van der Waals surface area contributed by atoms with Gasteiger partial charge in [0.25, 0.3) is 0 Å². The minimum Gasteiger partial charge on any atom is -0.458 e. The van der Waals surface area contributed by atoms with E-state index < -0.39 is 5.60 Å². The van der Waals surface area contributed by atoms with E-state index in [4.69, 9.17) is 19.6 Å². The number of rotatable bonds is 5. The average Bonchev–Trinajstić information content (AvgIpc) is 3.67. The van der Waals surface area contributed by atoms with Gasteiger partial charge in [0.2, 0.25) is 0 Å². The first kappa shape index (κ1) is 27.1. The number of amides is 1. The Bertz CT molecular complexity index is 1440. The summed E-state index contributed by atoms with van der Waals surface area (Å²) >= 11 is 3.54. The molecule has 0 bridgehead atoms. The second-order valence-corrected chi connectivity index (χ2v) is 13.1. The van der Waals surface area contributed by atoms with Gasteiger partial charge in [-0.25, -0.2) is 14.6 Å². The number of carbonyl (C=O) groups is 2. The Balaban J connectivity index is 1.26. The number of nitrogens with one attached hydrogen (secondary N) is 2. The maximum atomic E-state index is 13.0. The Morgan fingerprint density at radius 3 is 2.65 bits per heavy atom. The molecule has 0 aliphatic heterocycles. The fourth-order valence-electron chi connectivity index (χ4n) is 6.72. The molecule has 6 rings (SSSR count). The van der Waals surface area contributed by atoms with E-state index in [1.54, 1.807) is 12.1 Å². The highest BCUT2D eigenvalue weighted by Crippen LogP contribution is 2.52.